The molecule has 1 aromatic carbocycles. The van der Waals surface area contributed by atoms with Crippen molar-refractivity contribution in [3.63, 3.8) is 0 Å². The zero-order valence-electron chi connectivity index (χ0n) is 16.4. The first kappa shape index (κ1) is 19.6. The molecule has 2 unspecified atom stereocenters. The molecule has 1 amide bonds. The van der Waals surface area contributed by atoms with Gasteiger partial charge in [0.15, 0.2) is 0 Å². The molecule has 4 rings (SSSR count). The number of rotatable bonds is 4. The van der Waals surface area contributed by atoms with Gasteiger partial charge in [0.2, 0.25) is 10.0 Å². The first-order valence-electron chi connectivity index (χ1n) is 9.67. The number of nitrogens with zero attached hydrogens (tertiary/aromatic N) is 3. The lowest BCUT2D eigenvalue weighted by molar-refractivity contribution is 0.102. The van der Waals surface area contributed by atoms with Gasteiger partial charge in [-0.3, -0.25) is 4.79 Å². The number of benzene rings is 1. The summed E-state index contributed by atoms with van der Waals surface area (Å²) in [6.07, 6.45) is 6.19. The van der Waals surface area contributed by atoms with Gasteiger partial charge in [0.25, 0.3) is 5.91 Å². The van der Waals surface area contributed by atoms with Crippen LogP contribution in [0.4, 0.5) is 5.69 Å². The van der Waals surface area contributed by atoms with E-state index >= 15 is 0 Å². The molecule has 3 heterocycles. The summed E-state index contributed by atoms with van der Waals surface area (Å²) < 4.78 is 29.3. The van der Waals surface area contributed by atoms with Crippen molar-refractivity contribution in [2.24, 2.45) is 11.8 Å². The summed E-state index contributed by atoms with van der Waals surface area (Å²) in [5, 5.41) is 2.81. The van der Waals surface area contributed by atoms with Gasteiger partial charge in [0.1, 0.15) is 5.65 Å². The Morgan fingerprint density at radius 3 is 2.45 bits per heavy atom. The van der Waals surface area contributed by atoms with Crippen LogP contribution in [0, 0.1) is 11.8 Å². The van der Waals surface area contributed by atoms with Crippen molar-refractivity contribution in [3.8, 4) is 0 Å². The van der Waals surface area contributed by atoms with Gasteiger partial charge in [0.05, 0.1) is 10.5 Å². The van der Waals surface area contributed by atoms with Crippen LogP contribution < -0.4 is 5.32 Å². The van der Waals surface area contributed by atoms with Crippen LogP contribution in [-0.4, -0.2) is 41.1 Å². The summed E-state index contributed by atoms with van der Waals surface area (Å²) in [4.78, 5) is 16.9. The Morgan fingerprint density at radius 2 is 1.76 bits per heavy atom. The Balaban J connectivity index is 1.49. The minimum atomic E-state index is -3.53. The Bertz CT molecular complexity index is 1130. The molecular formula is C21H24N4O3S. The Kier molecular flexibility index (Phi) is 5.14. The van der Waals surface area contributed by atoms with Gasteiger partial charge in [-0.05, 0) is 54.7 Å². The molecule has 0 spiro atoms. The number of piperidine rings is 1. The van der Waals surface area contributed by atoms with Crippen LogP contribution in [0.25, 0.3) is 5.65 Å². The van der Waals surface area contributed by atoms with Crippen LogP contribution in [0.1, 0.15) is 30.6 Å². The minimum Gasteiger partial charge on any atom is -0.322 e. The summed E-state index contributed by atoms with van der Waals surface area (Å²) in [7, 11) is -3.53. The Labute approximate surface area is 170 Å². The number of hydrogen-bond acceptors (Lipinski definition) is 4. The lowest BCUT2D eigenvalue weighted by atomic mass is 9.94. The highest BCUT2D eigenvalue weighted by molar-refractivity contribution is 7.89. The van der Waals surface area contributed by atoms with E-state index in [1.807, 2.05) is 0 Å². The summed E-state index contributed by atoms with van der Waals surface area (Å²) in [6.45, 7) is 5.25. The molecule has 1 aliphatic heterocycles. The largest absolute Gasteiger partial charge is 0.322 e. The first-order chi connectivity index (χ1) is 13.8. The molecule has 0 bridgehead atoms. The second-order valence-electron chi connectivity index (χ2n) is 7.86. The number of imidazole rings is 1. The Hall–Kier alpha value is -2.71. The molecular weight excluding hydrogens is 388 g/mol. The minimum absolute atomic E-state index is 0.247. The fourth-order valence-corrected chi connectivity index (χ4v) is 5.60. The van der Waals surface area contributed by atoms with E-state index in [-0.39, 0.29) is 10.8 Å². The summed E-state index contributed by atoms with van der Waals surface area (Å²) in [6, 6.07) is 9.82. The number of anilines is 1. The molecule has 0 aliphatic carbocycles. The predicted molar refractivity (Wildman–Crippen MR) is 111 cm³/mol. The maximum Gasteiger partial charge on any atom is 0.257 e. The van der Waals surface area contributed by atoms with E-state index in [1.165, 1.54) is 0 Å². The number of amides is 1. The molecule has 1 saturated heterocycles. The van der Waals surface area contributed by atoms with Crippen LogP contribution in [-0.2, 0) is 10.0 Å². The van der Waals surface area contributed by atoms with Crippen molar-refractivity contribution < 1.29 is 13.2 Å². The van der Waals surface area contributed by atoms with Gasteiger partial charge in [-0.25, -0.2) is 13.4 Å². The fourth-order valence-electron chi connectivity index (χ4n) is 3.92. The molecule has 1 N–H and O–H groups in total. The number of sulfonamides is 1. The molecule has 29 heavy (non-hydrogen) atoms. The molecule has 2 aromatic heterocycles. The van der Waals surface area contributed by atoms with Crippen LogP contribution >= 0.6 is 0 Å². The molecule has 3 aromatic rings. The number of aromatic nitrogens is 2. The summed E-state index contributed by atoms with van der Waals surface area (Å²) >= 11 is 0. The number of carbonyl (C=O) groups is 1. The number of hydrogen-bond donors (Lipinski definition) is 1. The zero-order valence-corrected chi connectivity index (χ0v) is 17.3. The third kappa shape index (κ3) is 4.04. The van der Waals surface area contributed by atoms with Gasteiger partial charge in [-0.15, -0.1) is 0 Å². The maximum atomic E-state index is 13.0. The molecule has 0 radical (unpaired) electrons. The van der Waals surface area contributed by atoms with Crippen molar-refractivity contribution in [2.75, 3.05) is 18.4 Å². The monoisotopic (exact) mass is 412 g/mol. The lowest BCUT2D eigenvalue weighted by Crippen LogP contribution is -2.42. The highest BCUT2D eigenvalue weighted by Gasteiger charge is 2.31. The average molecular weight is 413 g/mol. The third-order valence-electron chi connectivity index (χ3n) is 5.24. The standard InChI is InChI=1S/C21H24N4O3S/c1-15-11-16(2)13-25(12-15)29(27,28)19-6-4-18(5-7-19)23-21(26)17-3-8-20-22-9-10-24(20)14-17/h3-10,14-16H,11-13H2,1-2H3,(H,23,26). The number of carbonyl (C=O) groups excluding carboxylic acids is 1. The highest BCUT2D eigenvalue weighted by Crippen LogP contribution is 2.27. The topological polar surface area (TPSA) is 83.8 Å². The van der Waals surface area contributed by atoms with Crippen LogP contribution in [0.15, 0.2) is 59.9 Å². The van der Waals surface area contributed by atoms with E-state index in [4.69, 9.17) is 0 Å². The molecule has 2 atom stereocenters. The molecule has 1 aliphatic rings. The van der Waals surface area contributed by atoms with E-state index in [9.17, 15) is 13.2 Å². The SMILES string of the molecule is CC1CC(C)CN(S(=O)(=O)c2ccc(NC(=O)c3ccc4nccn4c3)cc2)C1. The van der Waals surface area contributed by atoms with Crippen molar-refractivity contribution in [1.29, 1.82) is 0 Å². The van der Waals surface area contributed by atoms with E-state index in [0.29, 0.717) is 36.2 Å². The molecule has 0 saturated carbocycles. The highest BCUT2D eigenvalue weighted by atomic mass is 32.2. The van der Waals surface area contributed by atoms with Crippen molar-refractivity contribution in [3.05, 3.63) is 60.6 Å². The molecule has 152 valence electrons. The third-order valence-corrected chi connectivity index (χ3v) is 7.08. The number of fused-ring (bicyclic) bond motifs is 1. The van der Waals surface area contributed by atoms with Crippen LogP contribution in [0.3, 0.4) is 0 Å². The zero-order chi connectivity index (χ0) is 20.6. The summed E-state index contributed by atoms with van der Waals surface area (Å²) in [5.41, 5.74) is 1.79. The van der Waals surface area contributed by atoms with Crippen LogP contribution in [0.2, 0.25) is 0 Å². The Morgan fingerprint density at radius 1 is 1.07 bits per heavy atom. The maximum absolute atomic E-state index is 13.0. The van der Waals surface area contributed by atoms with E-state index < -0.39 is 10.0 Å². The van der Waals surface area contributed by atoms with Gasteiger partial charge in [0, 0.05) is 37.4 Å². The van der Waals surface area contributed by atoms with E-state index in [2.05, 4.69) is 24.1 Å². The second kappa shape index (κ2) is 7.61. The second-order valence-corrected chi connectivity index (χ2v) is 9.79. The van der Waals surface area contributed by atoms with Gasteiger partial charge in [-0.1, -0.05) is 13.8 Å². The number of pyridine rings is 1. The normalized spacial score (nSPS) is 20.6. The van der Waals surface area contributed by atoms with Gasteiger partial charge < -0.3 is 9.72 Å². The smallest absolute Gasteiger partial charge is 0.257 e. The predicted octanol–water partition coefficient (Wildman–Crippen LogP) is 3.25. The molecule has 7 nitrogen and oxygen atoms in total. The quantitative estimate of drug-likeness (QED) is 0.713. The van der Waals surface area contributed by atoms with Gasteiger partial charge >= 0.3 is 0 Å². The number of nitrogens with one attached hydrogen (secondary N) is 1. The van der Waals surface area contributed by atoms with Crippen molar-refractivity contribution in [1.82, 2.24) is 13.7 Å². The average Bonchev–Trinajstić information content (AvgIpc) is 3.15. The van der Waals surface area contributed by atoms with E-state index in [1.54, 1.807) is 63.7 Å². The molecule has 1 fully saturated rings. The van der Waals surface area contributed by atoms with Crippen molar-refractivity contribution in [2.45, 2.75) is 25.2 Å². The van der Waals surface area contributed by atoms with E-state index in [0.717, 1.165) is 12.1 Å². The van der Waals surface area contributed by atoms with Crippen LogP contribution in [0.5, 0.6) is 0 Å². The lowest BCUT2D eigenvalue weighted by Gasteiger charge is -2.34. The van der Waals surface area contributed by atoms with Crippen molar-refractivity contribution >= 4 is 27.3 Å². The molecule has 8 heteroatoms. The summed E-state index contributed by atoms with van der Waals surface area (Å²) in [5.74, 6) is 0.426. The van der Waals surface area contributed by atoms with Gasteiger partial charge in [-0.2, -0.15) is 4.31 Å². The fraction of sp³-hybridized carbons (Fsp3) is 0.333. The first-order valence-corrected chi connectivity index (χ1v) is 11.1.